The van der Waals surface area contributed by atoms with Crippen LogP contribution in [0.2, 0.25) is 0 Å². The summed E-state index contributed by atoms with van der Waals surface area (Å²) in [6.07, 6.45) is 0. The molecule has 14 heavy (non-hydrogen) atoms. The summed E-state index contributed by atoms with van der Waals surface area (Å²) in [5, 5.41) is 23.5. The standard InChI is InChI=1S/C8H7BN2O2S/c12-9(13)7-3-1-6(2-4-7)8-5-14-11-10-8/h1-5,12-13H. The van der Waals surface area contributed by atoms with Gasteiger partial charge < -0.3 is 10.0 Å². The summed E-state index contributed by atoms with van der Waals surface area (Å²) in [6.45, 7) is 0. The van der Waals surface area contributed by atoms with Crippen LogP contribution in [0.4, 0.5) is 0 Å². The first-order valence-electron chi connectivity index (χ1n) is 4.01. The molecule has 4 nitrogen and oxygen atoms in total. The summed E-state index contributed by atoms with van der Waals surface area (Å²) in [5.74, 6) is 0. The third kappa shape index (κ3) is 1.82. The molecule has 70 valence electrons. The average molecular weight is 206 g/mol. The Labute approximate surface area is 85.2 Å². The minimum absolute atomic E-state index is 0.469. The zero-order valence-electron chi connectivity index (χ0n) is 7.16. The van der Waals surface area contributed by atoms with Gasteiger partial charge in [0.2, 0.25) is 0 Å². The van der Waals surface area contributed by atoms with Crippen LogP contribution in [0, 0.1) is 0 Å². The summed E-state index contributed by atoms with van der Waals surface area (Å²) in [7, 11) is -1.42. The molecule has 0 bridgehead atoms. The normalized spacial score (nSPS) is 10.1. The van der Waals surface area contributed by atoms with Crippen molar-refractivity contribution in [3.05, 3.63) is 29.6 Å². The molecule has 0 atom stereocenters. The second-order valence-electron chi connectivity index (χ2n) is 2.79. The van der Waals surface area contributed by atoms with Crippen molar-refractivity contribution in [1.29, 1.82) is 0 Å². The summed E-state index contributed by atoms with van der Waals surface area (Å²) < 4.78 is 3.75. The minimum atomic E-state index is -1.42. The Hall–Kier alpha value is -1.24. The van der Waals surface area contributed by atoms with Gasteiger partial charge in [0.25, 0.3) is 0 Å². The summed E-state index contributed by atoms with van der Waals surface area (Å²) in [4.78, 5) is 0. The molecule has 0 fully saturated rings. The van der Waals surface area contributed by atoms with Crippen LogP contribution >= 0.6 is 11.5 Å². The van der Waals surface area contributed by atoms with E-state index in [2.05, 4.69) is 9.59 Å². The number of hydrogen-bond acceptors (Lipinski definition) is 5. The maximum absolute atomic E-state index is 8.87. The molecule has 0 saturated carbocycles. The zero-order chi connectivity index (χ0) is 9.97. The molecule has 0 spiro atoms. The van der Waals surface area contributed by atoms with Gasteiger partial charge in [0.05, 0.1) is 0 Å². The van der Waals surface area contributed by atoms with Crippen molar-refractivity contribution in [1.82, 2.24) is 9.59 Å². The lowest BCUT2D eigenvalue weighted by Crippen LogP contribution is -2.29. The molecule has 1 aromatic carbocycles. The van der Waals surface area contributed by atoms with E-state index >= 15 is 0 Å². The van der Waals surface area contributed by atoms with E-state index in [-0.39, 0.29) is 0 Å². The van der Waals surface area contributed by atoms with Crippen LogP contribution in [0.25, 0.3) is 11.3 Å². The Morgan fingerprint density at radius 1 is 1.14 bits per heavy atom. The van der Waals surface area contributed by atoms with Crippen LogP contribution in [-0.4, -0.2) is 26.8 Å². The van der Waals surface area contributed by atoms with Crippen LogP contribution in [-0.2, 0) is 0 Å². The monoisotopic (exact) mass is 206 g/mol. The lowest BCUT2D eigenvalue weighted by Gasteiger charge is -1.99. The Bertz CT molecular complexity index is 402. The highest BCUT2D eigenvalue weighted by Gasteiger charge is 2.10. The van der Waals surface area contributed by atoms with Crippen molar-refractivity contribution in [3.63, 3.8) is 0 Å². The van der Waals surface area contributed by atoms with Gasteiger partial charge in [-0.3, -0.25) is 0 Å². The number of hydrogen-bond donors (Lipinski definition) is 2. The summed E-state index contributed by atoms with van der Waals surface area (Å²) in [5.41, 5.74) is 2.19. The highest BCUT2D eigenvalue weighted by Crippen LogP contribution is 2.15. The van der Waals surface area contributed by atoms with Crippen molar-refractivity contribution >= 4 is 24.1 Å². The van der Waals surface area contributed by atoms with E-state index in [0.717, 1.165) is 11.3 Å². The molecule has 1 aromatic heterocycles. The van der Waals surface area contributed by atoms with E-state index in [0.29, 0.717) is 5.46 Å². The van der Waals surface area contributed by atoms with Gasteiger partial charge in [-0.25, -0.2) is 0 Å². The molecule has 2 rings (SSSR count). The van der Waals surface area contributed by atoms with E-state index in [4.69, 9.17) is 10.0 Å². The van der Waals surface area contributed by atoms with Crippen LogP contribution in [0.5, 0.6) is 0 Å². The van der Waals surface area contributed by atoms with Crippen LogP contribution in [0.3, 0.4) is 0 Å². The molecule has 0 radical (unpaired) electrons. The maximum Gasteiger partial charge on any atom is 0.488 e. The quantitative estimate of drug-likeness (QED) is 0.672. The molecule has 0 aliphatic carbocycles. The zero-order valence-corrected chi connectivity index (χ0v) is 7.98. The first-order chi connectivity index (χ1) is 6.77. The minimum Gasteiger partial charge on any atom is -0.423 e. The van der Waals surface area contributed by atoms with Crippen LogP contribution in [0.1, 0.15) is 0 Å². The molecule has 1 heterocycles. The largest absolute Gasteiger partial charge is 0.488 e. The predicted octanol–water partition coefficient (Wildman–Crippen LogP) is -0.115. The fourth-order valence-electron chi connectivity index (χ4n) is 1.12. The average Bonchev–Trinajstić information content (AvgIpc) is 2.71. The highest BCUT2D eigenvalue weighted by molar-refractivity contribution is 7.03. The fourth-order valence-corrected chi connectivity index (χ4v) is 1.58. The van der Waals surface area contributed by atoms with Gasteiger partial charge in [0.15, 0.2) is 0 Å². The van der Waals surface area contributed by atoms with Gasteiger partial charge >= 0.3 is 7.12 Å². The Morgan fingerprint density at radius 2 is 1.86 bits per heavy atom. The molecule has 0 amide bonds. The van der Waals surface area contributed by atoms with E-state index in [1.165, 1.54) is 11.5 Å². The van der Waals surface area contributed by atoms with Gasteiger partial charge in [-0.05, 0) is 17.0 Å². The predicted molar refractivity (Wildman–Crippen MR) is 55.2 cm³/mol. The second-order valence-corrected chi connectivity index (χ2v) is 3.40. The molecule has 2 aromatic rings. The van der Waals surface area contributed by atoms with E-state index < -0.39 is 7.12 Å². The SMILES string of the molecule is OB(O)c1ccc(-c2csnn2)cc1. The molecule has 0 saturated heterocycles. The first-order valence-corrected chi connectivity index (χ1v) is 4.84. The highest BCUT2D eigenvalue weighted by atomic mass is 32.1. The molecular formula is C8H7BN2O2S. The number of rotatable bonds is 2. The topological polar surface area (TPSA) is 66.2 Å². The smallest absolute Gasteiger partial charge is 0.423 e. The van der Waals surface area contributed by atoms with Gasteiger partial charge in [-0.1, -0.05) is 28.8 Å². The maximum atomic E-state index is 8.87. The second kappa shape index (κ2) is 3.87. The number of benzene rings is 1. The van der Waals surface area contributed by atoms with Gasteiger partial charge in [0, 0.05) is 10.9 Å². The van der Waals surface area contributed by atoms with E-state index in [1.807, 2.05) is 5.38 Å². The Morgan fingerprint density at radius 3 is 2.36 bits per heavy atom. The third-order valence-electron chi connectivity index (χ3n) is 1.86. The van der Waals surface area contributed by atoms with Crippen molar-refractivity contribution in [2.24, 2.45) is 0 Å². The fraction of sp³-hybridized carbons (Fsp3) is 0. The van der Waals surface area contributed by atoms with Crippen molar-refractivity contribution in [2.75, 3.05) is 0 Å². The molecule has 0 aliphatic heterocycles. The Balaban J connectivity index is 2.31. The molecule has 0 aliphatic rings. The molecule has 2 N–H and O–H groups in total. The van der Waals surface area contributed by atoms with Crippen molar-refractivity contribution < 1.29 is 10.0 Å². The molecule has 0 unspecified atom stereocenters. The van der Waals surface area contributed by atoms with E-state index in [1.54, 1.807) is 24.3 Å². The number of aromatic nitrogens is 2. The van der Waals surface area contributed by atoms with Crippen molar-refractivity contribution in [2.45, 2.75) is 0 Å². The lowest BCUT2D eigenvalue weighted by atomic mass is 9.80. The van der Waals surface area contributed by atoms with Crippen LogP contribution in [0.15, 0.2) is 29.6 Å². The Kier molecular flexibility index (Phi) is 2.58. The first kappa shape index (κ1) is 9.33. The summed E-state index contributed by atoms with van der Waals surface area (Å²) in [6, 6.07) is 6.87. The van der Waals surface area contributed by atoms with Crippen molar-refractivity contribution in [3.8, 4) is 11.3 Å². The summed E-state index contributed by atoms with van der Waals surface area (Å²) >= 11 is 1.29. The van der Waals surface area contributed by atoms with E-state index in [9.17, 15) is 0 Å². The lowest BCUT2D eigenvalue weighted by molar-refractivity contribution is 0.426. The number of nitrogens with zero attached hydrogens (tertiary/aromatic N) is 2. The molecular weight excluding hydrogens is 199 g/mol. The van der Waals surface area contributed by atoms with Gasteiger partial charge in [-0.15, -0.1) is 5.10 Å². The third-order valence-corrected chi connectivity index (χ3v) is 2.37. The van der Waals surface area contributed by atoms with Gasteiger partial charge in [0.1, 0.15) is 5.69 Å². The van der Waals surface area contributed by atoms with Gasteiger partial charge in [-0.2, -0.15) is 0 Å². The van der Waals surface area contributed by atoms with Crippen LogP contribution < -0.4 is 5.46 Å². The molecule has 6 heteroatoms.